The van der Waals surface area contributed by atoms with E-state index in [0.717, 1.165) is 0 Å². The van der Waals surface area contributed by atoms with Gasteiger partial charge in [0.2, 0.25) is 0 Å². The molecule has 0 spiro atoms. The van der Waals surface area contributed by atoms with Gasteiger partial charge in [-0.3, -0.25) is 4.79 Å². The summed E-state index contributed by atoms with van der Waals surface area (Å²) in [6, 6.07) is 3.24. The van der Waals surface area contributed by atoms with Gasteiger partial charge in [-0.25, -0.2) is 0 Å². The number of rotatable bonds is 3. The zero-order valence-electron chi connectivity index (χ0n) is 11.5. The molecule has 0 radical (unpaired) electrons. The summed E-state index contributed by atoms with van der Waals surface area (Å²) in [5.74, 6) is 0.700. The Kier molecular flexibility index (Phi) is 4.06. The number of amides is 1. The molecule has 0 saturated carbocycles. The minimum Gasteiger partial charge on any atom is -0.497 e. The molecule has 0 atom stereocenters. The van der Waals surface area contributed by atoms with E-state index in [1.807, 2.05) is 20.8 Å². The first kappa shape index (κ1) is 14.2. The lowest BCUT2D eigenvalue weighted by Crippen LogP contribution is -2.40. The third kappa shape index (κ3) is 3.29. The van der Waals surface area contributed by atoms with Crippen LogP contribution in [0.25, 0.3) is 0 Å². The summed E-state index contributed by atoms with van der Waals surface area (Å²) in [5, 5.41) is 2.85. The third-order valence-corrected chi connectivity index (χ3v) is 2.30. The zero-order chi connectivity index (χ0) is 13.9. The van der Waals surface area contributed by atoms with Crippen LogP contribution in [0.2, 0.25) is 0 Å². The maximum absolute atomic E-state index is 12.1. The lowest BCUT2D eigenvalue weighted by atomic mass is 10.1. The van der Waals surface area contributed by atoms with Gasteiger partial charge in [-0.2, -0.15) is 0 Å². The van der Waals surface area contributed by atoms with Crippen molar-refractivity contribution < 1.29 is 14.3 Å². The van der Waals surface area contributed by atoms with E-state index in [1.165, 1.54) is 14.2 Å². The average molecular weight is 252 g/mol. The summed E-state index contributed by atoms with van der Waals surface area (Å²) in [4.78, 5) is 12.1. The quantitative estimate of drug-likeness (QED) is 0.805. The van der Waals surface area contributed by atoms with Crippen LogP contribution in [0.4, 0.5) is 5.69 Å². The SMILES string of the molecule is COc1cc(OC)c(N)c(C(=O)NC(C)(C)C)c1. The highest BCUT2D eigenvalue weighted by atomic mass is 16.5. The van der Waals surface area contributed by atoms with Crippen LogP contribution in [0.1, 0.15) is 31.1 Å². The molecular formula is C13H20N2O3. The first-order valence-electron chi connectivity index (χ1n) is 5.62. The average Bonchev–Trinajstić information content (AvgIpc) is 2.27. The van der Waals surface area contributed by atoms with E-state index < -0.39 is 0 Å². The maximum Gasteiger partial charge on any atom is 0.254 e. The van der Waals surface area contributed by atoms with E-state index >= 15 is 0 Å². The molecule has 1 rings (SSSR count). The number of carbonyl (C=O) groups is 1. The van der Waals surface area contributed by atoms with Crippen molar-refractivity contribution in [3.05, 3.63) is 17.7 Å². The van der Waals surface area contributed by atoms with Crippen molar-refractivity contribution in [2.45, 2.75) is 26.3 Å². The highest BCUT2D eigenvalue weighted by Crippen LogP contribution is 2.31. The molecule has 1 aromatic rings. The summed E-state index contributed by atoms with van der Waals surface area (Å²) in [6.07, 6.45) is 0. The number of nitrogens with one attached hydrogen (secondary N) is 1. The smallest absolute Gasteiger partial charge is 0.254 e. The highest BCUT2D eigenvalue weighted by Gasteiger charge is 2.20. The van der Waals surface area contributed by atoms with Gasteiger partial charge in [-0.05, 0) is 26.8 Å². The number of anilines is 1. The first-order valence-corrected chi connectivity index (χ1v) is 5.62. The number of nitrogens with two attached hydrogens (primary N) is 1. The van der Waals surface area contributed by atoms with Crippen molar-refractivity contribution in [2.75, 3.05) is 20.0 Å². The fourth-order valence-electron chi connectivity index (χ4n) is 1.48. The molecule has 0 unspecified atom stereocenters. The fraction of sp³-hybridized carbons (Fsp3) is 0.462. The predicted octanol–water partition coefficient (Wildman–Crippen LogP) is 1.81. The van der Waals surface area contributed by atoms with Crippen molar-refractivity contribution in [1.82, 2.24) is 5.32 Å². The molecule has 0 bridgehead atoms. The monoisotopic (exact) mass is 252 g/mol. The van der Waals surface area contributed by atoms with E-state index in [1.54, 1.807) is 12.1 Å². The van der Waals surface area contributed by atoms with Gasteiger partial charge in [0.05, 0.1) is 25.5 Å². The van der Waals surface area contributed by atoms with Crippen LogP contribution in [-0.2, 0) is 0 Å². The molecule has 100 valence electrons. The van der Waals surface area contributed by atoms with E-state index in [2.05, 4.69) is 5.32 Å². The molecule has 0 aromatic heterocycles. The first-order chi connectivity index (χ1) is 8.28. The van der Waals surface area contributed by atoms with Crippen molar-refractivity contribution in [2.24, 2.45) is 0 Å². The highest BCUT2D eigenvalue weighted by molar-refractivity contribution is 6.01. The number of benzene rings is 1. The summed E-state index contributed by atoms with van der Waals surface area (Å²) < 4.78 is 10.2. The Bertz CT molecular complexity index is 450. The van der Waals surface area contributed by atoms with E-state index in [4.69, 9.17) is 15.2 Å². The van der Waals surface area contributed by atoms with Crippen LogP contribution >= 0.6 is 0 Å². The largest absolute Gasteiger partial charge is 0.497 e. The Morgan fingerprint density at radius 2 is 1.83 bits per heavy atom. The summed E-state index contributed by atoms with van der Waals surface area (Å²) in [6.45, 7) is 5.70. The summed E-state index contributed by atoms with van der Waals surface area (Å²) >= 11 is 0. The lowest BCUT2D eigenvalue weighted by molar-refractivity contribution is 0.0920. The number of nitrogen functional groups attached to an aromatic ring is 1. The van der Waals surface area contributed by atoms with E-state index in [-0.39, 0.29) is 11.4 Å². The Hall–Kier alpha value is -1.91. The van der Waals surface area contributed by atoms with Crippen LogP contribution in [0, 0.1) is 0 Å². The Balaban J connectivity index is 3.18. The number of hydrogen-bond acceptors (Lipinski definition) is 4. The van der Waals surface area contributed by atoms with Crippen molar-refractivity contribution in [1.29, 1.82) is 0 Å². The normalized spacial score (nSPS) is 10.9. The molecule has 5 heteroatoms. The molecule has 5 nitrogen and oxygen atoms in total. The molecule has 0 aliphatic rings. The molecule has 18 heavy (non-hydrogen) atoms. The molecule has 0 aliphatic heterocycles. The topological polar surface area (TPSA) is 73.6 Å². The van der Waals surface area contributed by atoms with Gasteiger partial charge in [0, 0.05) is 11.6 Å². The minimum absolute atomic E-state index is 0.253. The van der Waals surface area contributed by atoms with Gasteiger partial charge in [0.15, 0.2) is 0 Å². The van der Waals surface area contributed by atoms with Crippen molar-refractivity contribution in [3.8, 4) is 11.5 Å². The van der Waals surface area contributed by atoms with Gasteiger partial charge in [0.1, 0.15) is 11.5 Å². The summed E-state index contributed by atoms with van der Waals surface area (Å²) in [7, 11) is 3.02. The maximum atomic E-state index is 12.1. The van der Waals surface area contributed by atoms with E-state index in [0.29, 0.717) is 22.7 Å². The van der Waals surface area contributed by atoms with Crippen LogP contribution in [0.5, 0.6) is 11.5 Å². The number of carbonyl (C=O) groups excluding carboxylic acids is 1. The Morgan fingerprint density at radius 3 is 2.28 bits per heavy atom. The van der Waals surface area contributed by atoms with Crippen LogP contribution in [0.3, 0.4) is 0 Å². The predicted molar refractivity (Wildman–Crippen MR) is 71.2 cm³/mol. The zero-order valence-corrected chi connectivity index (χ0v) is 11.5. The summed E-state index contributed by atoms with van der Waals surface area (Å²) in [5.41, 5.74) is 6.22. The fourth-order valence-corrected chi connectivity index (χ4v) is 1.48. The Morgan fingerprint density at radius 1 is 1.22 bits per heavy atom. The van der Waals surface area contributed by atoms with Crippen molar-refractivity contribution >= 4 is 11.6 Å². The van der Waals surface area contributed by atoms with Gasteiger partial charge in [-0.15, -0.1) is 0 Å². The molecule has 0 aliphatic carbocycles. The van der Waals surface area contributed by atoms with Gasteiger partial charge >= 0.3 is 0 Å². The molecule has 1 amide bonds. The minimum atomic E-state index is -0.333. The Labute approximate surface area is 107 Å². The van der Waals surface area contributed by atoms with Crippen LogP contribution in [0.15, 0.2) is 12.1 Å². The van der Waals surface area contributed by atoms with Gasteiger partial charge in [0.25, 0.3) is 5.91 Å². The van der Waals surface area contributed by atoms with Crippen LogP contribution in [-0.4, -0.2) is 25.7 Å². The molecule has 0 fully saturated rings. The van der Waals surface area contributed by atoms with Gasteiger partial charge in [-0.1, -0.05) is 0 Å². The molecular weight excluding hydrogens is 232 g/mol. The number of hydrogen-bond donors (Lipinski definition) is 2. The molecule has 3 N–H and O–H groups in total. The molecule has 0 heterocycles. The number of ether oxygens (including phenoxy) is 2. The number of methoxy groups -OCH3 is 2. The second kappa shape index (κ2) is 5.16. The lowest BCUT2D eigenvalue weighted by Gasteiger charge is -2.21. The molecule has 1 aromatic carbocycles. The third-order valence-electron chi connectivity index (χ3n) is 2.30. The van der Waals surface area contributed by atoms with Crippen LogP contribution < -0.4 is 20.5 Å². The van der Waals surface area contributed by atoms with E-state index in [9.17, 15) is 4.79 Å². The van der Waals surface area contributed by atoms with Gasteiger partial charge < -0.3 is 20.5 Å². The second-order valence-electron chi connectivity index (χ2n) is 5.00. The van der Waals surface area contributed by atoms with Crippen molar-refractivity contribution in [3.63, 3.8) is 0 Å². The standard InChI is InChI=1S/C13H20N2O3/c1-13(2,3)15-12(16)9-6-8(17-4)7-10(18-5)11(9)14/h6-7H,14H2,1-5H3,(H,15,16). The molecule has 0 saturated heterocycles. The second-order valence-corrected chi connectivity index (χ2v) is 5.00.